The highest BCUT2D eigenvalue weighted by Crippen LogP contribution is 2.07. The molecule has 4 nitrogen and oxygen atoms in total. The Morgan fingerprint density at radius 3 is 2.18 bits per heavy atom. The van der Waals surface area contributed by atoms with Crippen LogP contribution in [0, 0.1) is 0 Å². The number of hydrogen-bond acceptors (Lipinski definition) is 3. The van der Waals surface area contributed by atoms with Gasteiger partial charge in [-0.3, -0.25) is 4.90 Å². The second-order valence-electron chi connectivity index (χ2n) is 4.58. The van der Waals surface area contributed by atoms with Crippen LogP contribution in [0.4, 0.5) is 0 Å². The van der Waals surface area contributed by atoms with Crippen LogP contribution in [0.1, 0.15) is 58.8 Å². The summed E-state index contributed by atoms with van der Waals surface area (Å²) >= 11 is 0. The summed E-state index contributed by atoms with van der Waals surface area (Å²) in [5, 5.41) is 11.5. The Bertz CT molecular complexity index is 195. The largest absolute Gasteiger partial charge is 0.409 e. The minimum Gasteiger partial charge on any atom is -0.409 e. The van der Waals surface area contributed by atoms with Gasteiger partial charge in [-0.25, -0.2) is 0 Å². The Hall–Kier alpha value is -0.770. The average molecular weight is 243 g/mol. The number of nitrogens with zero attached hydrogens (tertiary/aromatic N) is 2. The van der Waals surface area contributed by atoms with Gasteiger partial charge < -0.3 is 10.9 Å². The summed E-state index contributed by atoms with van der Waals surface area (Å²) in [5.74, 6) is 0.301. The second-order valence-corrected chi connectivity index (χ2v) is 4.58. The predicted octanol–water partition coefficient (Wildman–Crippen LogP) is 2.81. The third-order valence-electron chi connectivity index (χ3n) is 3.04. The van der Waals surface area contributed by atoms with Gasteiger partial charge in [0, 0.05) is 0 Å². The Morgan fingerprint density at radius 2 is 1.65 bits per heavy atom. The summed E-state index contributed by atoms with van der Waals surface area (Å²) in [4.78, 5) is 2.21. The van der Waals surface area contributed by atoms with Crippen molar-refractivity contribution in [3.8, 4) is 0 Å². The third-order valence-corrected chi connectivity index (χ3v) is 3.04. The summed E-state index contributed by atoms with van der Waals surface area (Å²) in [7, 11) is 0. The molecule has 0 amide bonds. The van der Waals surface area contributed by atoms with Crippen molar-refractivity contribution in [3.05, 3.63) is 0 Å². The van der Waals surface area contributed by atoms with E-state index in [1.807, 2.05) is 0 Å². The first-order valence-corrected chi connectivity index (χ1v) is 6.93. The first kappa shape index (κ1) is 16.2. The maximum atomic E-state index is 8.51. The molecule has 0 aliphatic heterocycles. The lowest BCUT2D eigenvalue weighted by atomic mass is 10.1. The van der Waals surface area contributed by atoms with Gasteiger partial charge in [0.2, 0.25) is 0 Å². The summed E-state index contributed by atoms with van der Waals surface area (Å²) < 4.78 is 0. The van der Waals surface area contributed by atoms with Crippen LogP contribution in [0.3, 0.4) is 0 Å². The standard InChI is InChI=1S/C13H29N3O/c1-3-5-6-7-8-9-10-11-16(4-2)12-13(14)15-17/h17H,3-12H2,1-2H3,(H2,14,15). The lowest BCUT2D eigenvalue weighted by molar-refractivity contribution is 0.294. The lowest BCUT2D eigenvalue weighted by Gasteiger charge is -2.19. The molecule has 0 aliphatic carbocycles. The zero-order chi connectivity index (χ0) is 12.9. The zero-order valence-corrected chi connectivity index (χ0v) is 11.5. The number of hydrogen-bond donors (Lipinski definition) is 2. The normalized spacial score (nSPS) is 12.3. The Kier molecular flexibility index (Phi) is 11.2. The molecule has 0 atom stereocenters. The molecule has 17 heavy (non-hydrogen) atoms. The van der Waals surface area contributed by atoms with Gasteiger partial charge in [-0.1, -0.05) is 57.5 Å². The summed E-state index contributed by atoms with van der Waals surface area (Å²) in [6, 6.07) is 0. The fraction of sp³-hybridized carbons (Fsp3) is 0.923. The van der Waals surface area contributed by atoms with E-state index in [0.717, 1.165) is 13.1 Å². The van der Waals surface area contributed by atoms with Crippen LogP contribution in [0.25, 0.3) is 0 Å². The van der Waals surface area contributed by atoms with Crippen molar-refractivity contribution in [2.24, 2.45) is 10.9 Å². The molecule has 0 aromatic heterocycles. The van der Waals surface area contributed by atoms with Gasteiger partial charge in [-0.15, -0.1) is 0 Å². The van der Waals surface area contributed by atoms with Crippen molar-refractivity contribution in [2.45, 2.75) is 58.8 Å². The molecular weight excluding hydrogens is 214 g/mol. The zero-order valence-electron chi connectivity index (χ0n) is 11.5. The molecule has 0 saturated carbocycles. The van der Waals surface area contributed by atoms with Gasteiger partial charge in [0.05, 0.1) is 6.54 Å². The van der Waals surface area contributed by atoms with Crippen LogP contribution in [0.2, 0.25) is 0 Å². The van der Waals surface area contributed by atoms with E-state index in [1.54, 1.807) is 0 Å². The van der Waals surface area contributed by atoms with E-state index >= 15 is 0 Å². The van der Waals surface area contributed by atoms with E-state index in [2.05, 4.69) is 23.9 Å². The molecule has 3 N–H and O–H groups in total. The van der Waals surface area contributed by atoms with Gasteiger partial charge in [0.15, 0.2) is 5.84 Å². The number of unbranched alkanes of at least 4 members (excludes halogenated alkanes) is 6. The molecule has 0 heterocycles. The molecule has 0 saturated heterocycles. The van der Waals surface area contributed by atoms with Crippen LogP contribution in [-0.2, 0) is 0 Å². The van der Waals surface area contributed by atoms with Crippen LogP contribution >= 0.6 is 0 Å². The van der Waals surface area contributed by atoms with Gasteiger partial charge in [0.1, 0.15) is 0 Å². The third kappa shape index (κ3) is 10.1. The van der Waals surface area contributed by atoms with Crippen LogP contribution in [0.15, 0.2) is 5.16 Å². The number of amidine groups is 1. The van der Waals surface area contributed by atoms with E-state index in [9.17, 15) is 0 Å². The maximum Gasteiger partial charge on any atom is 0.153 e. The molecule has 0 aromatic carbocycles. The van der Waals surface area contributed by atoms with Gasteiger partial charge in [0.25, 0.3) is 0 Å². The molecule has 0 spiro atoms. The number of likely N-dealkylation sites (N-methyl/N-ethyl adjacent to an activating group) is 1. The summed E-state index contributed by atoms with van der Waals surface area (Å²) in [6.07, 6.45) is 9.24. The lowest BCUT2D eigenvalue weighted by Crippen LogP contribution is -2.34. The van der Waals surface area contributed by atoms with Gasteiger partial charge in [-0.05, 0) is 19.5 Å². The topological polar surface area (TPSA) is 61.8 Å². The van der Waals surface area contributed by atoms with Crippen molar-refractivity contribution in [1.29, 1.82) is 0 Å². The molecule has 0 radical (unpaired) electrons. The highest BCUT2D eigenvalue weighted by Gasteiger charge is 2.04. The first-order chi connectivity index (χ1) is 8.24. The van der Waals surface area contributed by atoms with Crippen molar-refractivity contribution in [3.63, 3.8) is 0 Å². The minimum atomic E-state index is 0.301. The predicted molar refractivity (Wildman–Crippen MR) is 73.5 cm³/mol. The second kappa shape index (κ2) is 11.7. The fourth-order valence-corrected chi connectivity index (χ4v) is 1.90. The van der Waals surface area contributed by atoms with Crippen LogP contribution < -0.4 is 5.73 Å². The highest BCUT2D eigenvalue weighted by molar-refractivity contribution is 5.81. The number of rotatable bonds is 11. The smallest absolute Gasteiger partial charge is 0.153 e. The Morgan fingerprint density at radius 1 is 1.06 bits per heavy atom. The number of nitrogens with two attached hydrogens (primary N) is 1. The molecule has 0 fully saturated rings. The molecule has 0 aromatic rings. The summed E-state index contributed by atoms with van der Waals surface area (Å²) in [5.41, 5.74) is 5.49. The summed E-state index contributed by atoms with van der Waals surface area (Å²) in [6.45, 7) is 6.91. The average Bonchev–Trinajstić information content (AvgIpc) is 2.35. The highest BCUT2D eigenvalue weighted by atomic mass is 16.4. The molecule has 4 heteroatoms. The monoisotopic (exact) mass is 243 g/mol. The van der Waals surface area contributed by atoms with Crippen molar-refractivity contribution in [1.82, 2.24) is 4.90 Å². The molecule has 0 aliphatic rings. The molecular formula is C13H29N3O. The van der Waals surface area contributed by atoms with E-state index in [-0.39, 0.29) is 0 Å². The molecule has 102 valence electrons. The molecule has 0 bridgehead atoms. The van der Waals surface area contributed by atoms with E-state index in [0.29, 0.717) is 12.4 Å². The Balaban J connectivity index is 3.43. The molecule has 0 unspecified atom stereocenters. The van der Waals surface area contributed by atoms with Gasteiger partial charge in [-0.2, -0.15) is 0 Å². The SMILES string of the molecule is CCCCCCCCCN(CC)C/C(N)=N/O. The quantitative estimate of drug-likeness (QED) is 0.193. The van der Waals surface area contributed by atoms with Crippen molar-refractivity contribution in [2.75, 3.05) is 19.6 Å². The van der Waals surface area contributed by atoms with Gasteiger partial charge >= 0.3 is 0 Å². The van der Waals surface area contributed by atoms with Crippen molar-refractivity contribution >= 4 is 5.84 Å². The van der Waals surface area contributed by atoms with Crippen LogP contribution in [0.5, 0.6) is 0 Å². The van der Waals surface area contributed by atoms with E-state index in [1.165, 1.54) is 44.9 Å². The number of oxime groups is 1. The van der Waals surface area contributed by atoms with E-state index < -0.39 is 0 Å². The van der Waals surface area contributed by atoms with E-state index in [4.69, 9.17) is 10.9 Å². The van der Waals surface area contributed by atoms with Crippen molar-refractivity contribution < 1.29 is 5.21 Å². The molecule has 0 rings (SSSR count). The Labute approximate surface area is 106 Å². The minimum absolute atomic E-state index is 0.301. The fourth-order valence-electron chi connectivity index (χ4n) is 1.90. The maximum absolute atomic E-state index is 8.51. The first-order valence-electron chi connectivity index (χ1n) is 6.93. The van der Waals surface area contributed by atoms with Crippen LogP contribution in [-0.4, -0.2) is 35.6 Å².